The smallest absolute Gasteiger partial charge is 0.0456 e. The Morgan fingerprint density at radius 3 is 2.00 bits per heavy atom. The molecular formula is C19H38N6. The fourth-order valence-corrected chi connectivity index (χ4v) is 2.72. The molecule has 0 bridgehead atoms. The van der Waals surface area contributed by atoms with Crippen molar-refractivity contribution >= 4 is 5.69 Å². The summed E-state index contributed by atoms with van der Waals surface area (Å²) in [6.07, 6.45) is 2.12. The van der Waals surface area contributed by atoms with E-state index in [4.69, 9.17) is 5.73 Å². The molecule has 0 aliphatic carbocycles. The van der Waals surface area contributed by atoms with Crippen LogP contribution in [0, 0.1) is 0 Å². The summed E-state index contributed by atoms with van der Waals surface area (Å²) in [5, 5.41) is 16.8. The quantitative estimate of drug-likeness (QED) is 0.162. The summed E-state index contributed by atoms with van der Waals surface area (Å²) in [6, 6.07) is 4.48. The molecule has 0 aliphatic heterocycles. The van der Waals surface area contributed by atoms with Gasteiger partial charge in [-0.3, -0.25) is 0 Å². The van der Waals surface area contributed by atoms with Crippen LogP contribution in [0.3, 0.4) is 0 Å². The number of aryl methyl sites for hydroxylation is 1. The van der Waals surface area contributed by atoms with Gasteiger partial charge in [-0.15, -0.1) is 0 Å². The van der Waals surface area contributed by atoms with Crippen molar-refractivity contribution in [3.8, 4) is 0 Å². The van der Waals surface area contributed by atoms with Gasteiger partial charge < -0.3 is 32.3 Å². The molecule has 0 saturated carbocycles. The maximum atomic E-state index is 6.44. The van der Waals surface area contributed by atoms with Crippen molar-refractivity contribution in [2.45, 2.75) is 46.7 Å². The first kappa shape index (κ1) is 21.9. The van der Waals surface area contributed by atoms with E-state index in [1.807, 2.05) is 0 Å². The van der Waals surface area contributed by atoms with E-state index in [0.29, 0.717) is 0 Å². The zero-order chi connectivity index (χ0) is 18.3. The SMILES string of the molecule is CCNCCCc1cc(CNCNCC)cc(CNCNCC)c1N. The fourth-order valence-electron chi connectivity index (χ4n) is 2.72. The molecule has 1 aromatic rings. The molecular weight excluding hydrogens is 312 g/mol. The van der Waals surface area contributed by atoms with Crippen LogP contribution in [0.25, 0.3) is 0 Å². The Kier molecular flexibility index (Phi) is 12.3. The number of anilines is 1. The van der Waals surface area contributed by atoms with E-state index in [1.54, 1.807) is 0 Å². The second kappa shape index (κ2) is 14.0. The minimum absolute atomic E-state index is 0.792. The molecule has 25 heavy (non-hydrogen) atoms. The second-order valence-corrected chi connectivity index (χ2v) is 6.20. The highest BCUT2D eigenvalue weighted by atomic mass is 15.1. The maximum Gasteiger partial charge on any atom is 0.0456 e. The normalized spacial score (nSPS) is 11.2. The maximum absolute atomic E-state index is 6.44. The lowest BCUT2D eigenvalue weighted by Gasteiger charge is -2.16. The monoisotopic (exact) mass is 350 g/mol. The van der Waals surface area contributed by atoms with Crippen molar-refractivity contribution in [2.24, 2.45) is 0 Å². The van der Waals surface area contributed by atoms with Crippen molar-refractivity contribution in [1.29, 1.82) is 0 Å². The molecule has 0 unspecified atom stereocenters. The zero-order valence-corrected chi connectivity index (χ0v) is 16.3. The van der Waals surface area contributed by atoms with Gasteiger partial charge in [0.2, 0.25) is 0 Å². The summed E-state index contributed by atoms with van der Waals surface area (Å²) < 4.78 is 0. The van der Waals surface area contributed by atoms with Gasteiger partial charge in [-0.1, -0.05) is 32.9 Å². The third-order valence-corrected chi connectivity index (χ3v) is 4.11. The first-order valence-electron chi connectivity index (χ1n) is 9.66. The average Bonchev–Trinajstić information content (AvgIpc) is 2.62. The van der Waals surface area contributed by atoms with Crippen LogP contribution in [-0.2, 0) is 19.5 Å². The van der Waals surface area contributed by atoms with Gasteiger partial charge in [-0.25, -0.2) is 0 Å². The Morgan fingerprint density at radius 1 is 0.760 bits per heavy atom. The Labute approximate surface area is 153 Å². The van der Waals surface area contributed by atoms with Crippen LogP contribution in [0.1, 0.15) is 43.9 Å². The molecule has 144 valence electrons. The topological polar surface area (TPSA) is 86.2 Å². The molecule has 0 aliphatic rings. The summed E-state index contributed by atoms with van der Waals surface area (Å²) in [5.74, 6) is 0. The van der Waals surface area contributed by atoms with Gasteiger partial charge in [0.15, 0.2) is 0 Å². The predicted molar refractivity (Wildman–Crippen MR) is 108 cm³/mol. The lowest BCUT2D eigenvalue weighted by Crippen LogP contribution is -2.29. The van der Waals surface area contributed by atoms with Crippen LogP contribution in [-0.4, -0.2) is 39.5 Å². The summed E-state index contributed by atoms with van der Waals surface area (Å²) in [4.78, 5) is 0. The third kappa shape index (κ3) is 9.18. The highest BCUT2D eigenvalue weighted by molar-refractivity contribution is 5.56. The Hall–Kier alpha value is -1.18. The van der Waals surface area contributed by atoms with Crippen molar-refractivity contribution in [3.63, 3.8) is 0 Å². The predicted octanol–water partition coefficient (Wildman–Crippen LogP) is 1.12. The Balaban J connectivity index is 2.72. The lowest BCUT2D eigenvalue weighted by molar-refractivity contribution is 0.591. The number of rotatable bonds is 15. The van der Waals surface area contributed by atoms with Gasteiger partial charge in [0, 0.05) is 32.1 Å². The number of nitrogens with one attached hydrogen (secondary N) is 5. The molecule has 1 aromatic carbocycles. The molecule has 0 saturated heterocycles. The van der Waals surface area contributed by atoms with Gasteiger partial charge >= 0.3 is 0 Å². The largest absolute Gasteiger partial charge is 0.398 e. The molecule has 0 spiro atoms. The fraction of sp³-hybridized carbons (Fsp3) is 0.684. The van der Waals surface area contributed by atoms with E-state index in [1.165, 1.54) is 16.7 Å². The average molecular weight is 351 g/mol. The molecule has 1 rings (SSSR count). The number of nitrogens with two attached hydrogens (primary N) is 1. The van der Waals surface area contributed by atoms with Gasteiger partial charge in [-0.05, 0) is 55.7 Å². The van der Waals surface area contributed by atoms with Crippen molar-refractivity contribution in [2.75, 3.05) is 45.3 Å². The van der Waals surface area contributed by atoms with Gasteiger partial charge in [-0.2, -0.15) is 0 Å². The zero-order valence-electron chi connectivity index (χ0n) is 16.3. The molecule has 0 aromatic heterocycles. The summed E-state index contributed by atoms with van der Waals surface area (Å²) in [5.41, 5.74) is 11.1. The molecule has 6 heteroatoms. The van der Waals surface area contributed by atoms with E-state index < -0.39 is 0 Å². The van der Waals surface area contributed by atoms with Crippen molar-refractivity contribution in [3.05, 3.63) is 28.8 Å². The van der Waals surface area contributed by atoms with Crippen LogP contribution in [0.2, 0.25) is 0 Å². The molecule has 0 atom stereocenters. The highest BCUT2D eigenvalue weighted by Gasteiger charge is 2.08. The molecule has 0 amide bonds. The van der Waals surface area contributed by atoms with E-state index in [0.717, 1.165) is 71.1 Å². The Morgan fingerprint density at radius 2 is 1.36 bits per heavy atom. The standard InChI is InChI=1S/C19H38N6/c1-4-21-9-7-8-17-10-16(12-24-14-22-5-2)11-18(19(17)20)13-25-15-23-6-3/h10-11,21-25H,4-9,12-15,20H2,1-3H3. The van der Waals surface area contributed by atoms with Crippen LogP contribution in [0.4, 0.5) is 5.69 Å². The van der Waals surface area contributed by atoms with Crippen LogP contribution in [0.15, 0.2) is 12.1 Å². The summed E-state index contributed by atoms with van der Waals surface area (Å²) in [7, 11) is 0. The molecule has 0 fully saturated rings. The summed E-state index contributed by atoms with van der Waals surface area (Å²) >= 11 is 0. The first-order valence-corrected chi connectivity index (χ1v) is 9.66. The number of benzene rings is 1. The summed E-state index contributed by atoms with van der Waals surface area (Å²) in [6.45, 7) is 13.6. The minimum atomic E-state index is 0.792. The van der Waals surface area contributed by atoms with Gasteiger partial charge in [0.1, 0.15) is 0 Å². The number of hydrogen-bond donors (Lipinski definition) is 6. The van der Waals surface area contributed by atoms with Crippen molar-refractivity contribution < 1.29 is 0 Å². The van der Waals surface area contributed by atoms with E-state index >= 15 is 0 Å². The number of hydrogen-bond acceptors (Lipinski definition) is 6. The second-order valence-electron chi connectivity index (χ2n) is 6.20. The van der Waals surface area contributed by atoms with Crippen LogP contribution >= 0.6 is 0 Å². The lowest BCUT2D eigenvalue weighted by atomic mass is 9.99. The Bertz CT molecular complexity index is 430. The van der Waals surface area contributed by atoms with Gasteiger partial charge in [0.25, 0.3) is 0 Å². The van der Waals surface area contributed by atoms with E-state index in [9.17, 15) is 0 Å². The molecule has 0 heterocycles. The molecule has 7 N–H and O–H groups in total. The molecule has 0 radical (unpaired) electrons. The third-order valence-electron chi connectivity index (χ3n) is 4.11. The van der Waals surface area contributed by atoms with Crippen LogP contribution < -0.4 is 32.3 Å². The van der Waals surface area contributed by atoms with Gasteiger partial charge in [0.05, 0.1) is 0 Å². The number of nitrogen functional groups attached to an aromatic ring is 1. The highest BCUT2D eigenvalue weighted by Crippen LogP contribution is 2.22. The van der Waals surface area contributed by atoms with Crippen molar-refractivity contribution in [1.82, 2.24) is 26.6 Å². The van der Waals surface area contributed by atoms with Crippen LogP contribution in [0.5, 0.6) is 0 Å². The molecule has 6 nitrogen and oxygen atoms in total. The van der Waals surface area contributed by atoms with E-state index in [-0.39, 0.29) is 0 Å². The first-order chi connectivity index (χ1) is 12.2. The minimum Gasteiger partial charge on any atom is -0.398 e. The van der Waals surface area contributed by atoms with E-state index in [2.05, 4.69) is 59.5 Å².